The highest BCUT2D eigenvalue weighted by Crippen LogP contribution is 2.41. The molecule has 2 heterocycles. The number of carbonyl (C=O) groups excluding carboxylic acids is 2. The second-order valence-corrected chi connectivity index (χ2v) is 9.41. The first-order chi connectivity index (χ1) is 15.0. The van der Waals surface area contributed by atoms with Crippen LogP contribution >= 0.6 is 11.6 Å². The Morgan fingerprint density at radius 2 is 1.97 bits per heavy atom. The number of carbonyl (C=O) groups is 2. The minimum Gasteiger partial charge on any atom is -0.347 e. The van der Waals surface area contributed by atoms with Gasteiger partial charge in [-0.1, -0.05) is 23.7 Å². The fraction of sp³-hybridized carbons (Fsp3) is 0.545. The number of hydrogen-bond donors (Lipinski definition) is 2. The summed E-state index contributed by atoms with van der Waals surface area (Å²) in [6, 6.07) is 8.34. The maximum absolute atomic E-state index is 13.2. The maximum Gasteiger partial charge on any atom is 0.292 e. The van der Waals surface area contributed by atoms with Gasteiger partial charge in [0.2, 0.25) is 11.6 Å². The molecule has 1 aliphatic heterocycles. The summed E-state index contributed by atoms with van der Waals surface area (Å²) in [6.45, 7) is 1.65. The molecule has 8 nitrogen and oxygen atoms in total. The van der Waals surface area contributed by atoms with Crippen LogP contribution in [0.1, 0.15) is 65.3 Å². The van der Waals surface area contributed by atoms with Gasteiger partial charge in [0.15, 0.2) is 0 Å². The first kappa shape index (κ1) is 20.5. The number of nitrogens with two attached hydrogens (primary N) is 1. The highest BCUT2D eigenvalue weighted by Gasteiger charge is 2.41. The minimum atomic E-state index is -0.241. The van der Waals surface area contributed by atoms with Crippen LogP contribution in [0.3, 0.4) is 0 Å². The molecule has 2 amide bonds. The summed E-state index contributed by atoms with van der Waals surface area (Å²) in [5.41, 5.74) is 7.30. The van der Waals surface area contributed by atoms with Crippen LogP contribution in [0.15, 0.2) is 24.3 Å². The number of nitrogens with one attached hydrogen (secondary N) is 1. The Morgan fingerprint density at radius 1 is 1.19 bits per heavy atom. The molecule has 0 radical (unpaired) electrons. The van der Waals surface area contributed by atoms with E-state index in [1.54, 1.807) is 4.57 Å². The molecule has 1 aromatic carbocycles. The van der Waals surface area contributed by atoms with Gasteiger partial charge in [-0.2, -0.15) is 0 Å². The van der Waals surface area contributed by atoms with Crippen molar-refractivity contribution in [2.75, 3.05) is 13.1 Å². The molecule has 164 valence electrons. The van der Waals surface area contributed by atoms with E-state index in [1.807, 2.05) is 23.1 Å². The van der Waals surface area contributed by atoms with Gasteiger partial charge in [-0.3, -0.25) is 14.2 Å². The molecule has 0 saturated heterocycles. The van der Waals surface area contributed by atoms with Crippen molar-refractivity contribution in [1.82, 2.24) is 25.0 Å². The van der Waals surface area contributed by atoms with Crippen molar-refractivity contribution in [2.45, 2.75) is 62.6 Å². The Kier molecular flexibility index (Phi) is 5.22. The van der Waals surface area contributed by atoms with Crippen molar-refractivity contribution in [3.63, 3.8) is 0 Å². The summed E-state index contributed by atoms with van der Waals surface area (Å²) in [5.74, 6) is 0.117. The van der Waals surface area contributed by atoms with E-state index < -0.39 is 0 Å². The molecule has 2 aromatic rings. The fourth-order valence-electron chi connectivity index (χ4n) is 5.00. The Morgan fingerprint density at radius 3 is 2.65 bits per heavy atom. The molecule has 3 aliphatic rings. The molecule has 5 rings (SSSR count). The third kappa shape index (κ3) is 3.72. The van der Waals surface area contributed by atoms with Crippen LogP contribution in [-0.4, -0.2) is 56.7 Å². The molecule has 2 fully saturated rings. The smallest absolute Gasteiger partial charge is 0.292 e. The molecule has 2 aliphatic carbocycles. The molecule has 1 aromatic heterocycles. The lowest BCUT2D eigenvalue weighted by atomic mass is 9.68. The van der Waals surface area contributed by atoms with Gasteiger partial charge in [0, 0.05) is 42.2 Å². The largest absolute Gasteiger partial charge is 0.347 e. The molecule has 0 unspecified atom stereocenters. The first-order valence-corrected chi connectivity index (χ1v) is 11.4. The minimum absolute atomic E-state index is 0.103. The molecule has 2 saturated carbocycles. The van der Waals surface area contributed by atoms with E-state index in [-0.39, 0.29) is 41.0 Å². The summed E-state index contributed by atoms with van der Waals surface area (Å²) in [5, 5.41) is 11.7. The highest BCUT2D eigenvalue weighted by molar-refractivity contribution is 6.30. The Labute approximate surface area is 186 Å². The average molecular weight is 443 g/mol. The lowest BCUT2D eigenvalue weighted by Gasteiger charge is -2.44. The molecule has 3 N–H and O–H groups in total. The zero-order valence-electron chi connectivity index (χ0n) is 17.4. The van der Waals surface area contributed by atoms with Crippen LogP contribution in [0.2, 0.25) is 5.02 Å². The molecule has 9 heteroatoms. The molecule has 0 atom stereocenters. The number of amides is 2. The van der Waals surface area contributed by atoms with Crippen LogP contribution in [0, 0.1) is 0 Å². The van der Waals surface area contributed by atoms with E-state index in [1.165, 1.54) is 5.56 Å². The van der Waals surface area contributed by atoms with Crippen molar-refractivity contribution >= 4 is 23.4 Å². The normalized spacial score (nSPS) is 25.9. The first-order valence-electron chi connectivity index (χ1n) is 11.0. The van der Waals surface area contributed by atoms with E-state index in [2.05, 4.69) is 21.6 Å². The standard InChI is InChI=1S/C22H27ClN6O2/c23-15-3-1-2-14(12-15)22(13-24)8-6-17(7-9-22)28-10-11-29-18(20(30)25-16-4-5-16)26-27-19(29)21(28)31/h1-3,12,16-17H,4-11,13,24H2,(H,25,30)/t17-,22-. The Bertz CT molecular complexity index is 1010. The number of rotatable bonds is 5. The third-order valence-electron chi connectivity index (χ3n) is 7.06. The van der Waals surface area contributed by atoms with E-state index >= 15 is 0 Å². The average Bonchev–Trinajstić information content (AvgIpc) is 3.48. The monoisotopic (exact) mass is 442 g/mol. The SMILES string of the molecule is NC[C@]1(c2cccc(Cl)c2)CC[C@H](N2CCn3c(C(=O)NC4CC4)nnc3C2=O)CC1. The van der Waals surface area contributed by atoms with Crippen molar-refractivity contribution in [3.8, 4) is 0 Å². The second-order valence-electron chi connectivity index (χ2n) is 8.97. The van der Waals surface area contributed by atoms with E-state index in [0.29, 0.717) is 19.6 Å². The van der Waals surface area contributed by atoms with E-state index in [4.69, 9.17) is 17.3 Å². The zero-order chi connectivity index (χ0) is 21.6. The lowest BCUT2D eigenvalue weighted by Crippen LogP contribution is -2.51. The van der Waals surface area contributed by atoms with Crippen LogP contribution < -0.4 is 11.1 Å². The molecular weight excluding hydrogens is 416 g/mol. The van der Waals surface area contributed by atoms with Gasteiger partial charge in [-0.05, 0) is 56.2 Å². The van der Waals surface area contributed by atoms with Gasteiger partial charge >= 0.3 is 0 Å². The predicted molar refractivity (Wildman–Crippen MR) is 116 cm³/mol. The van der Waals surface area contributed by atoms with Gasteiger partial charge in [-0.25, -0.2) is 0 Å². The highest BCUT2D eigenvalue weighted by atomic mass is 35.5. The predicted octanol–water partition coefficient (Wildman–Crippen LogP) is 2.12. The van der Waals surface area contributed by atoms with Crippen LogP contribution in [0.5, 0.6) is 0 Å². The molecular formula is C22H27ClN6O2. The van der Waals surface area contributed by atoms with E-state index in [9.17, 15) is 9.59 Å². The summed E-state index contributed by atoms with van der Waals surface area (Å²) >= 11 is 6.22. The Balaban J connectivity index is 1.29. The number of halogens is 1. The number of aromatic nitrogens is 3. The molecule has 0 spiro atoms. The Hall–Kier alpha value is -2.45. The summed E-state index contributed by atoms with van der Waals surface area (Å²) in [7, 11) is 0. The van der Waals surface area contributed by atoms with Crippen molar-refractivity contribution < 1.29 is 9.59 Å². The number of fused-ring (bicyclic) bond motifs is 1. The van der Waals surface area contributed by atoms with Crippen LogP contribution in [0.4, 0.5) is 0 Å². The van der Waals surface area contributed by atoms with Gasteiger partial charge in [0.1, 0.15) is 0 Å². The third-order valence-corrected chi connectivity index (χ3v) is 7.30. The van der Waals surface area contributed by atoms with Gasteiger partial charge in [0.05, 0.1) is 0 Å². The van der Waals surface area contributed by atoms with Crippen LogP contribution in [-0.2, 0) is 12.0 Å². The van der Waals surface area contributed by atoms with Crippen molar-refractivity contribution in [1.29, 1.82) is 0 Å². The topological polar surface area (TPSA) is 106 Å². The molecule has 0 bridgehead atoms. The number of hydrogen-bond acceptors (Lipinski definition) is 5. The maximum atomic E-state index is 13.2. The number of benzene rings is 1. The van der Waals surface area contributed by atoms with Gasteiger partial charge in [0.25, 0.3) is 11.8 Å². The fourth-order valence-corrected chi connectivity index (χ4v) is 5.19. The summed E-state index contributed by atoms with van der Waals surface area (Å²) < 4.78 is 1.66. The van der Waals surface area contributed by atoms with Crippen LogP contribution in [0.25, 0.3) is 0 Å². The van der Waals surface area contributed by atoms with Gasteiger partial charge in [-0.15, -0.1) is 10.2 Å². The quantitative estimate of drug-likeness (QED) is 0.737. The van der Waals surface area contributed by atoms with Crippen molar-refractivity contribution in [2.24, 2.45) is 5.73 Å². The zero-order valence-corrected chi connectivity index (χ0v) is 18.1. The summed E-state index contributed by atoms with van der Waals surface area (Å²) in [6.07, 6.45) is 5.55. The summed E-state index contributed by atoms with van der Waals surface area (Å²) in [4.78, 5) is 27.5. The van der Waals surface area contributed by atoms with E-state index in [0.717, 1.165) is 43.5 Å². The van der Waals surface area contributed by atoms with Crippen molar-refractivity contribution in [3.05, 3.63) is 46.5 Å². The lowest BCUT2D eigenvalue weighted by molar-refractivity contribution is 0.0521. The van der Waals surface area contributed by atoms with Gasteiger partial charge < -0.3 is 16.0 Å². The second kappa shape index (κ2) is 7.91. The molecule has 31 heavy (non-hydrogen) atoms. The number of nitrogens with zero attached hydrogens (tertiary/aromatic N) is 4.